The number of esters is 2. The minimum absolute atomic E-state index is 0.190. The zero-order valence-electron chi connectivity index (χ0n) is 8.65. The maximum absolute atomic E-state index is 11.0. The molecule has 0 aromatic heterocycles. The topological polar surface area (TPSA) is 72.8 Å². The van der Waals surface area contributed by atoms with E-state index in [1.807, 2.05) is 0 Å². The van der Waals surface area contributed by atoms with Crippen molar-refractivity contribution < 1.29 is 24.2 Å². The Kier molecular flexibility index (Phi) is 5.87. The molecule has 0 aromatic rings. The lowest BCUT2D eigenvalue weighted by molar-refractivity contribution is -0.152. The average Bonchev–Trinajstić information content (AvgIpc) is 2.15. The number of carbonyl (C=O) groups is 2. The van der Waals surface area contributed by atoms with Gasteiger partial charge in [-0.1, -0.05) is 0 Å². The van der Waals surface area contributed by atoms with E-state index in [4.69, 9.17) is 0 Å². The maximum atomic E-state index is 11.0. The first-order valence-electron chi connectivity index (χ1n) is 4.44. The first kappa shape index (κ1) is 12.9. The molecular weight excluding hydrogens is 188 g/mol. The van der Waals surface area contributed by atoms with Crippen LogP contribution in [-0.4, -0.2) is 36.9 Å². The Morgan fingerprint density at radius 3 is 2.43 bits per heavy atom. The molecule has 14 heavy (non-hydrogen) atoms. The van der Waals surface area contributed by atoms with Gasteiger partial charge in [-0.3, -0.25) is 9.59 Å². The van der Waals surface area contributed by atoms with Crippen LogP contribution in [0.4, 0.5) is 0 Å². The van der Waals surface area contributed by atoms with Crippen molar-refractivity contribution >= 4 is 11.9 Å². The third-order valence-electron chi connectivity index (χ3n) is 1.83. The van der Waals surface area contributed by atoms with Gasteiger partial charge >= 0.3 is 11.9 Å². The zero-order valence-corrected chi connectivity index (χ0v) is 8.65. The van der Waals surface area contributed by atoms with Crippen molar-refractivity contribution in [3.63, 3.8) is 0 Å². The molecule has 82 valence electrons. The summed E-state index contributed by atoms with van der Waals surface area (Å²) in [4.78, 5) is 21.9. The normalized spacial score (nSPS) is 14.3. The Hall–Kier alpha value is -1.10. The van der Waals surface area contributed by atoms with Crippen molar-refractivity contribution in [1.29, 1.82) is 0 Å². The predicted octanol–water partition coefficient (Wildman–Crippen LogP) is 0.110. The Labute approximate surface area is 83.0 Å². The molecular formula is C9H16O5. The van der Waals surface area contributed by atoms with Crippen LogP contribution >= 0.6 is 0 Å². The zero-order chi connectivity index (χ0) is 11.1. The van der Waals surface area contributed by atoms with Gasteiger partial charge in [0.15, 0.2) is 0 Å². The van der Waals surface area contributed by atoms with Crippen LogP contribution in [0.2, 0.25) is 0 Å². The van der Waals surface area contributed by atoms with E-state index in [2.05, 4.69) is 9.47 Å². The molecule has 5 nitrogen and oxygen atoms in total. The van der Waals surface area contributed by atoms with Gasteiger partial charge in [-0.2, -0.15) is 0 Å². The highest BCUT2D eigenvalue weighted by molar-refractivity contribution is 5.75. The Bertz CT molecular complexity index is 201. The molecule has 5 heteroatoms. The first-order chi connectivity index (χ1) is 6.52. The van der Waals surface area contributed by atoms with E-state index in [1.165, 1.54) is 14.0 Å². The van der Waals surface area contributed by atoms with E-state index in [1.54, 1.807) is 6.92 Å². The summed E-state index contributed by atoms with van der Waals surface area (Å²) in [5.41, 5.74) is 0. The van der Waals surface area contributed by atoms with Crippen LogP contribution < -0.4 is 0 Å². The lowest BCUT2D eigenvalue weighted by atomic mass is 10.0. The molecule has 0 fully saturated rings. The van der Waals surface area contributed by atoms with E-state index >= 15 is 0 Å². The van der Waals surface area contributed by atoms with Crippen molar-refractivity contribution in [3.05, 3.63) is 0 Å². The highest BCUT2D eigenvalue weighted by Crippen LogP contribution is 2.09. The number of ether oxygens (including phenoxy) is 2. The van der Waals surface area contributed by atoms with E-state index in [-0.39, 0.29) is 13.0 Å². The van der Waals surface area contributed by atoms with Gasteiger partial charge in [0.05, 0.1) is 32.2 Å². The van der Waals surface area contributed by atoms with Gasteiger partial charge in [-0.15, -0.1) is 0 Å². The van der Waals surface area contributed by atoms with Crippen LogP contribution in [0.1, 0.15) is 20.3 Å². The van der Waals surface area contributed by atoms with Crippen LogP contribution in [0, 0.1) is 5.92 Å². The highest BCUT2D eigenvalue weighted by atomic mass is 16.5. The van der Waals surface area contributed by atoms with Crippen molar-refractivity contribution in [1.82, 2.24) is 0 Å². The lowest BCUT2D eigenvalue weighted by Crippen LogP contribution is -2.29. The number of rotatable bonds is 5. The molecule has 0 aliphatic carbocycles. The number of hydrogen-bond acceptors (Lipinski definition) is 5. The second-order valence-electron chi connectivity index (χ2n) is 2.89. The molecule has 2 unspecified atom stereocenters. The summed E-state index contributed by atoms with van der Waals surface area (Å²) < 4.78 is 9.05. The average molecular weight is 204 g/mol. The summed E-state index contributed by atoms with van der Waals surface area (Å²) in [6, 6.07) is 0. The van der Waals surface area contributed by atoms with Crippen molar-refractivity contribution in [2.24, 2.45) is 5.92 Å². The van der Waals surface area contributed by atoms with E-state index in [0.717, 1.165) is 0 Å². The first-order valence-corrected chi connectivity index (χ1v) is 4.44. The second-order valence-corrected chi connectivity index (χ2v) is 2.89. The smallest absolute Gasteiger partial charge is 0.311 e. The molecule has 0 radical (unpaired) electrons. The molecule has 0 amide bonds. The quantitative estimate of drug-likeness (QED) is 0.643. The van der Waals surface area contributed by atoms with Crippen LogP contribution in [0.5, 0.6) is 0 Å². The Morgan fingerprint density at radius 2 is 2.00 bits per heavy atom. The summed E-state index contributed by atoms with van der Waals surface area (Å²) >= 11 is 0. The summed E-state index contributed by atoms with van der Waals surface area (Å²) in [6.45, 7) is 3.43. The Balaban J connectivity index is 4.00. The molecule has 0 heterocycles. The highest BCUT2D eigenvalue weighted by Gasteiger charge is 2.25. The van der Waals surface area contributed by atoms with Gasteiger partial charge in [0.1, 0.15) is 0 Å². The molecule has 2 atom stereocenters. The number of methoxy groups -OCH3 is 1. The largest absolute Gasteiger partial charge is 0.469 e. The molecule has 1 N–H and O–H groups in total. The molecule has 0 bridgehead atoms. The molecule has 0 spiro atoms. The fraction of sp³-hybridized carbons (Fsp3) is 0.778. The minimum Gasteiger partial charge on any atom is -0.469 e. The van der Waals surface area contributed by atoms with Crippen molar-refractivity contribution in [3.8, 4) is 0 Å². The van der Waals surface area contributed by atoms with Gasteiger partial charge in [-0.05, 0) is 13.8 Å². The molecule has 0 aliphatic heterocycles. The Morgan fingerprint density at radius 1 is 1.43 bits per heavy atom. The van der Waals surface area contributed by atoms with Gasteiger partial charge in [0.2, 0.25) is 0 Å². The van der Waals surface area contributed by atoms with Crippen LogP contribution in [0.3, 0.4) is 0 Å². The molecule has 0 aromatic carbocycles. The third-order valence-corrected chi connectivity index (χ3v) is 1.83. The molecule has 0 saturated heterocycles. The number of carbonyl (C=O) groups excluding carboxylic acids is 2. The maximum Gasteiger partial charge on any atom is 0.311 e. The summed E-state index contributed by atoms with van der Waals surface area (Å²) in [7, 11) is 1.23. The fourth-order valence-electron chi connectivity index (χ4n) is 0.910. The van der Waals surface area contributed by atoms with Crippen LogP contribution in [0.25, 0.3) is 0 Å². The van der Waals surface area contributed by atoms with Crippen molar-refractivity contribution in [2.75, 3.05) is 13.7 Å². The summed E-state index contributed by atoms with van der Waals surface area (Å²) in [5.74, 6) is -1.78. The van der Waals surface area contributed by atoms with Crippen LogP contribution in [-0.2, 0) is 19.1 Å². The SMILES string of the molecule is CCOC(=O)CC(O)C(C)C(=O)OC. The minimum atomic E-state index is -1.05. The third kappa shape index (κ3) is 4.23. The number of aliphatic hydroxyl groups is 1. The molecule has 0 rings (SSSR count). The number of hydrogen-bond donors (Lipinski definition) is 1. The standard InChI is InChI=1S/C9H16O5/c1-4-14-8(11)5-7(10)6(2)9(12)13-3/h6-7,10H,4-5H2,1-3H3. The lowest BCUT2D eigenvalue weighted by Gasteiger charge is -2.15. The molecule has 0 aliphatic rings. The fourth-order valence-corrected chi connectivity index (χ4v) is 0.910. The van der Waals surface area contributed by atoms with Crippen LogP contribution in [0.15, 0.2) is 0 Å². The van der Waals surface area contributed by atoms with E-state index in [9.17, 15) is 14.7 Å². The second kappa shape index (κ2) is 6.37. The summed E-state index contributed by atoms with van der Waals surface area (Å²) in [6.07, 6.45) is -1.24. The van der Waals surface area contributed by atoms with Crippen molar-refractivity contribution in [2.45, 2.75) is 26.4 Å². The van der Waals surface area contributed by atoms with E-state index < -0.39 is 24.0 Å². The van der Waals surface area contributed by atoms with E-state index in [0.29, 0.717) is 0 Å². The van der Waals surface area contributed by atoms with Gasteiger partial charge in [0, 0.05) is 0 Å². The monoisotopic (exact) mass is 204 g/mol. The molecule has 0 saturated carbocycles. The van der Waals surface area contributed by atoms with Gasteiger partial charge in [0.25, 0.3) is 0 Å². The van der Waals surface area contributed by atoms with Gasteiger partial charge < -0.3 is 14.6 Å². The predicted molar refractivity (Wildman–Crippen MR) is 48.4 cm³/mol. The summed E-state index contributed by atoms with van der Waals surface area (Å²) in [5, 5.41) is 9.41. The van der Waals surface area contributed by atoms with Gasteiger partial charge in [-0.25, -0.2) is 0 Å². The number of aliphatic hydroxyl groups excluding tert-OH is 1.